The summed E-state index contributed by atoms with van der Waals surface area (Å²) in [5.41, 5.74) is 0.805. The van der Waals surface area contributed by atoms with E-state index in [2.05, 4.69) is 20.8 Å². The van der Waals surface area contributed by atoms with Gasteiger partial charge in [0.1, 0.15) is 11.6 Å². The van der Waals surface area contributed by atoms with Crippen LogP contribution in [0, 0.1) is 23.1 Å². The molecule has 20 heavy (non-hydrogen) atoms. The average Bonchev–Trinajstić information content (AvgIpc) is 2.33. The lowest BCUT2D eigenvalue weighted by atomic mass is 9.67. The van der Waals surface area contributed by atoms with E-state index in [9.17, 15) is 9.18 Å². The number of hydrogen-bond donors (Lipinski definition) is 0. The van der Waals surface area contributed by atoms with Crippen LogP contribution in [0.3, 0.4) is 0 Å². The van der Waals surface area contributed by atoms with Gasteiger partial charge in [0.2, 0.25) is 0 Å². The van der Waals surface area contributed by atoms with Gasteiger partial charge in [-0.25, -0.2) is 4.39 Å². The molecule has 2 unspecified atom stereocenters. The van der Waals surface area contributed by atoms with Gasteiger partial charge in [-0.15, -0.1) is 0 Å². The van der Waals surface area contributed by atoms with Gasteiger partial charge in [-0.3, -0.25) is 4.79 Å². The molecule has 0 radical (unpaired) electrons. The molecule has 0 spiro atoms. The second-order valence-electron chi connectivity index (χ2n) is 6.94. The van der Waals surface area contributed by atoms with E-state index in [-0.39, 0.29) is 22.9 Å². The lowest BCUT2D eigenvalue weighted by Gasteiger charge is -2.37. The van der Waals surface area contributed by atoms with Crippen LogP contribution in [0.4, 0.5) is 4.39 Å². The lowest BCUT2D eigenvalue weighted by Crippen LogP contribution is -2.33. The fourth-order valence-corrected chi connectivity index (χ4v) is 3.21. The number of Topliss-reactive ketones (excluding diaryl/α,β-unsaturated/α-hetero) is 1. The Morgan fingerprint density at radius 1 is 1.35 bits per heavy atom. The largest absolute Gasteiger partial charge is 0.299 e. The first-order valence-electron chi connectivity index (χ1n) is 7.24. The Kier molecular flexibility index (Phi) is 4.53. The zero-order chi connectivity index (χ0) is 14.9. The number of ketones is 1. The second kappa shape index (κ2) is 5.85. The van der Waals surface area contributed by atoms with E-state index in [1.54, 1.807) is 12.1 Å². The first kappa shape index (κ1) is 15.5. The molecule has 0 amide bonds. The Morgan fingerprint density at radius 3 is 2.65 bits per heavy atom. The molecule has 2 rings (SSSR count). The number of halogens is 2. The van der Waals surface area contributed by atoms with Gasteiger partial charge in [-0.2, -0.15) is 0 Å². The van der Waals surface area contributed by atoms with Crippen molar-refractivity contribution >= 4 is 17.4 Å². The summed E-state index contributed by atoms with van der Waals surface area (Å²) in [6.07, 6.45) is 2.95. The van der Waals surface area contributed by atoms with E-state index in [0.717, 1.165) is 12.8 Å². The first-order chi connectivity index (χ1) is 9.27. The highest BCUT2D eigenvalue weighted by molar-refractivity contribution is 6.30. The third kappa shape index (κ3) is 3.60. The van der Waals surface area contributed by atoms with Gasteiger partial charge < -0.3 is 0 Å². The van der Waals surface area contributed by atoms with Crippen molar-refractivity contribution in [2.45, 2.75) is 46.5 Å². The fraction of sp³-hybridized carbons (Fsp3) is 0.588. The predicted octanol–water partition coefficient (Wildman–Crippen LogP) is 5.05. The van der Waals surface area contributed by atoms with Gasteiger partial charge >= 0.3 is 0 Å². The molecule has 0 N–H and O–H groups in total. The van der Waals surface area contributed by atoms with Crippen LogP contribution >= 0.6 is 11.6 Å². The Morgan fingerprint density at radius 2 is 2.05 bits per heavy atom. The second-order valence-corrected chi connectivity index (χ2v) is 7.38. The average molecular weight is 297 g/mol. The number of hydrogen-bond acceptors (Lipinski definition) is 1. The third-order valence-electron chi connectivity index (χ3n) is 4.47. The van der Waals surface area contributed by atoms with Gasteiger partial charge in [0.05, 0.1) is 0 Å². The zero-order valence-electron chi connectivity index (χ0n) is 12.4. The Balaban J connectivity index is 2.12. The highest BCUT2D eigenvalue weighted by Crippen LogP contribution is 2.40. The van der Waals surface area contributed by atoms with Crippen molar-refractivity contribution in [2.75, 3.05) is 0 Å². The minimum Gasteiger partial charge on any atom is -0.299 e. The molecule has 0 saturated heterocycles. The first-order valence-corrected chi connectivity index (χ1v) is 7.62. The Bertz CT molecular complexity index is 504. The van der Waals surface area contributed by atoms with Crippen LogP contribution in [-0.2, 0) is 11.2 Å². The van der Waals surface area contributed by atoms with Crippen LogP contribution in [0.5, 0.6) is 0 Å². The van der Waals surface area contributed by atoms with Gasteiger partial charge in [-0.05, 0) is 48.3 Å². The highest BCUT2D eigenvalue weighted by atomic mass is 35.5. The molecule has 1 aromatic rings. The van der Waals surface area contributed by atoms with Gasteiger partial charge in [0.25, 0.3) is 0 Å². The summed E-state index contributed by atoms with van der Waals surface area (Å²) in [7, 11) is 0. The summed E-state index contributed by atoms with van der Waals surface area (Å²) < 4.78 is 13.9. The van der Waals surface area contributed by atoms with Crippen LogP contribution in [0.1, 0.15) is 45.6 Å². The van der Waals surface area contributed by atoms with Crippen molar-refractivity contribution in [3.63, 3.8) is 0 Å². The number of carbonyl (C=O) groups excluding carboxylic acids is 1. The SMILES string of the molecule is CC(C)(C)C1CCC(=O)C(Cc2ccc(Cl)cc2F)C1. The minimum absolute atomic E-state index is 0.0522. The van der Waals surface area contributed by atoms with E-state index < -0.39 is 0 Å². The van der Waals surface area contributed by atoms with E-state index in [1.165, 1.54) is 6.07 Å². The number of carbonyl (C=O) groups is 1. The van der Waals surface area contributed by atoms with Gasteiger partial charge in [-0.1, -0.05) is 38.4 Å². The summed E-state index contributed by atoms with van der Waals surface area (Å²) in [6.45, 7) is 6.65. The minimum atomic E-state index is -0.303. The van der Waals surface area contributed by atoms with Crippen LogP contribution in [0.25, 0.3) is 0 Å². The van der Waals surface area contributed by atoms with Crippen LogP contribution in [0.2, 0.25) is 5.02 Å². The van der Waals surface area contributed by atoms with E-state index in [0.29, 0.717) is 29.3 Å². The third-order valence-corrected chi connectivity index (χ3v) is 4.70. The molecule has 1 saturated carbocycles. The molecule has 1 fully saturated rings. The number of benzene rings is 1. The fourth-order valence-electron chi connectivity index (χ4n) is 3.05. The summed E-state index contributed by atoms with van der Waals surface area (Å²) in [4.78, 5) is 12.1. The predicted molar refractivity (Wildman–Crippen MR) is 80.4 cm³/mol. The molecule has 1 aromatic carbocycles. The maximum atomic E-state index is 13.9. The molecular formula is C17H22ClFO. The molecule has 110 valence electrons. The highest BCUT2D eigenvalue weighted by Gasteiger charge is 2.35. The Hall–Kier alpha value is -0.890. The standard InChI is InChI=1S/C17H22ClFO/c1-17(2,3)13-5-7-16(20)12(9-13)8-11-4-6-14(18)10-15(11)19/h4,6,10,12-13H,5,7-9H2,1-3H3. The normalized spacial score (nSPS) is 23.9. The molecule has 0 heterocycles. The van der Waals surface area contributed by atoms with Crippen LogP contribution in [-0.4, -0.2) is 5.78 Å². The molecule has 2 atom stereocenters. The molecule has 3 heteroatoms. The van der Waals surface area contributed by atoms with Crippen molar-refractivity contribution in [3.05, 3.63) is 34.6 Å². The topological polar surface area (TPSA) is 17.1 Å². The molecule has 1 aliphatic rings. The Labute approximate surface area is 125 Å². The maximum Gasteiger partial charge on any atom is 0.136 e. The summed E-state index contributed by atoms with van der Waals surface area (Å²) in [6, 6.07) is 4.71. The van der Waals surface area contributed by atoms with Crippen LogP contribution < -0.4 is 0 Å². The molecular weight excluding hydrogens is 275 g/mol. The zero-order valence-corrected chi connectivity index (χ0v) is 13.1. The molecule has 0 bridgehead atoms. The van der Waals surface area contributed by atoms with E-state index in [4.69, 9.17) is 11.6 Å². The number of rotatable bonds is 2. The van der Waals surface area contributed by atoms with Crippen molar-refractivity contribution in [2.24, 2.45) is 17.3 Å². The summed E-state index contributed by atoms with van der Waals surface area (Å²) in [5, 5.41) is 0.397. The van der Waals surface area contributed by atoms with Crippen molar-refractivity contribution in [1.29, 1.82) is 0 Å². The molecule has 0 aromatic heterocycles. The maximum absolute atomic E-state index is 13.9. The molecule has 0 aliphatic heterocycles. The summed E-state index contributed by atoms with van der Waals surface area (Å²) >= 11 is 5.76. The smallest absolute Gasteiger partial charge is 0.136 e. The van der Waals surface area contributed by atoms with E-state index >= 15 is 0 Å². The van der Waals surface area contributed by atoms with E-state index in [1.807, 2.05) is 0 Å². The quantitative estimate of drug-likeness (QED) is 0.746. The van der Waals surface area contributed by atoms with Crippen molar-refractivity contribution in [3.8, 4) is 0 Å². The van der Waals surface area contributed by atoms with Crippen LogP contribution in [0.15, 0.2) is 18.2 Å². The van der Waals surface area contributed by atoms with Gasteiger partial charge in [0, 0.05) is 17.4 Å². The lowest BCUT2D eigenvalue weighted by molar-refractivity contribution is -0.126. The van der Waals surface area contributed by atoms with Crippen molar-refractivity contribution < 1.29 is 9.18 Å². The monoisotopic (exact) mass is 296 g/mol. The van der Waals surface area contributed by atoms with Gasteiger partial charge in [0.15, 0.2) is 0 Å². The molecule has 1 nitrogen and oxygen atoms in total. The summed E-state index contributed by atoms with van der Waals surface area (Å²) in [5.74, 6) is 0.451. The molecule has 1 aliphatic carbocycles. The van der Waals surface area contributed by atoms with Crippen molar-refractivity contribution in [1.82, 2.24) is 0 Å².